The van der Waals surface area contributed by atoms with Gasteiger partial charge in [0, 0.05) is 22.1 Å². The van der Waals surface area contributed by atoms with Crippen molar-refractivity contribution in [2.24, 2.45) is 0 Å². The van der Waals surface area contributed by atoms with Crippen LogP contribution in [0.3, 0.4) is 0 Å². The highest BCUT2D eigenvalue weighted by Gasteiger charge is 2.10. The van der Waals surface area contributed by atoms with E-state index in [0.29, 0.717) is 4.32 Å². The average molecular weight is 333 g/mol. The zero-order chi connectivity index (χ0) is 15.8. The highest BCUT2D eigenvalue weighted by atomic mass is 32.1. The molecule has 1 N–H and O–H groups in total. The van der Waals surface area contributed by atoms with Crippen LogP contribution in [0.15, 0.2) is 72.8 Å². The summed E-state index contributed by atoms with van der Waals surface area (Å²) >= 11 is 9.83. The van der Waals surface area contributed by atoms with Crippen molar-refractivity contribution < 1.29 is 0 Å². The van der Waals surface area contributed by atoms with Gasteiger partial charge in [-0.2, -0.15) is 0 Å². The normalized spacial score (nSPS) is 11.0. The number of thiocarbonyl (C=S) groups is 1. The van der Waals surface area contributed by atoms with E-state index in [0.717, 1.165) is 11.4 Å². The average Bonchev–Trinajstić information content (AvgIpc) is 2.90. The molecular weight excluding hydrogens is 320 g/mol. The molecule has 0 fully saturated rings. The largest absolute Gasteiger partial charge is 0.411 e. The molecule has 4 rings (SSSR count). The molecular formula is C19H13N2S2-. The summed E-state index contributed by atoms with van der Waals surface area (Å²) in [6, 6.07) is 25.1. The van der Waals surface area contributed by atoms with Crippen molar-refractivity contribution >= 4 is 56.7 Å². The molecule has 112 valence electrons. The molecule has 2 nitrogen and oxygen atoms in total. The maximum Gasteiger partial charge on any atom is 0.0541 e. The van der Waals surface area contributed by atoms with Gasteiger partial charge in [-0.15, -0.1) is 0 Å². The molecule has 3 aromatic carbocycles. The first kappa shape index (κ1) is 14.2. The maximum atomic E-state index is 4.92. The molecule has 0 spiro atoms. The highest BCUT2D eigenvalue weighted by molar-refractivity contribution is 8.00. The SMILES string of the molecule is S=C([S-])Nc1ccc(-n2c3ccccc3c3ccccc32)cc1. The van der Waals surface area contributed by atoms with Crippen molar-refractivity contribution in [3.8, 4) is 5.69 Å². The van der Waals surface area contributed by atoms with Crippen molar-refractivity contribution in [1.29, 1.82) is 0 Å². The Balaban J connectivity index is 1.95. The lowest BCUT2D eigenvalue weighted by Gasteiger charge is -2.12. The molecule has 0 amide bonds. The third-order valence-corrected chi connectivity index (χ3v) is 4.16. The second-order valence-electron chi connectivity index (χ2n) is 5.33. The predicted molar refractivity (Wildman–Crippen MR) is 104 cm³/mol. The molecule has 1 heterocycles. The van der Waals surface area contributed by atoms with Gasteiger partial charge in [-0.25, -0.2) is 0 Å². The first-order valence-electron chi connectivity index (χ1n) is 7.31. The van der Waals surface area contributed by atoms with Gasteiger partial charge in [0.15, 0.2) is 0 Å². The van der Waals surface area contributed by atoms with E-state index >= 15 is 0 Å². The minimum atomic E-state index is 0.356. The summed E-state index contributed by atoms with van der Waals surface area (Å²) in [6.45, 7) is 0. The molecule has 0 bridgehead atoms. The first-order chi connectivity index (χ1) is 11.2. The molecule has 0 unspecified atom stereocenters. The summed E-state index contributed by atoms with van der Waals surface area (Å²) in [7, 11) is 0. The maximum absolute atomic E-state index is 4.92. The van der Waals surface area contributed by atoms with E-state index in [-0.39, 0.29) is 0 Å². The van der Waals surface area contributed by atoms with Crippen LogP contribution in [0.5, 0.6) is 0 Å². The van der Waals surface area contributed by atoms with Gasteiger partial charge in [-0.1, -0.05) is 40.7 Å². The number of aromatic nitrogens is 1. The fraction of sp³-hybridized carbons (Fsp3) is 0. The van der Waals surface area contributed by atoms with Crippen LogP contribution in [0.1, 0.15) is 0 Å². The molecule has 23 heavy (non-hydrogen) atoms. The quantitative estimate of drug-likeness (QED) is 0.410. The van der Waals surface area contributed by atoms with Crippen molar-refractivity contribution in [3.05, 3.63) is 72.8 Å². The number of anilines is 1. The summed E-state index contributed by atoms with van der Waals surface area (Å²) in [5.41, 5.74) is 4.43. The number of hydrogen-bond acceptors (Lipinski definition) is 2. The molecule has 0 atom stereocenters. The van der Waals surface area contributed by atoms with Gasteiger partial charge in [-0.05, 0) is 36.4 Å². The Kier molecular flexibility index (Phi) is 3.48. The number of para-hydroxylation sites is 2. The minimum absolute atomic E-state index is 0.356. The van der Waals surface area contributed by atoms with E-state index in [9.17, 15) is 0 Å². The van der Waals surface area contributed by atoms with Gasteiger partial charge in [0.05, 0.1) is 11.0 Å². The fourth-order valence-electron chi connectivity index (χ4n) is 3.01. The van der Waals surface area contributed by atoms with Crippen molar-refractivity contribution in [1.82, 2.24) is 4.57 Å². The number of benzene rings is 3. The van der Waals surface area contributed by atoms with Crippen LogP contribution in [0.2, 0.25) is 0 Å². The van der Waals surface area contributed by atoms with Crippen LogP contribution in [0.4, 0.5) is 5.69 Å². The minimum Gasteiger partial charge on any atom is -0.411 e. The Morgan fingerprint density at radius 2 is 1.30 bits per heavy atom. The molecule has 0 saturated carbocycles. The molecule has 0 aliphatic carbocycles. The second-order valence-corrected chi connectivity index (χ2v) is 6.40. The van der Waals surface area contributed by atoms with Crippen molar-refractivity contribution in [2.45, 2.75) is 0 Å². The smallest absolute Gasteiger partial charge is 0.0541 e. The Morgan fingerprint density at radius 3 is 1.83 bits per heavy atom. The molecule has 0 saturated heterocycles. The lowest BCUT2D eigenvalue weighted by Crippen LogP contribution is -2.04. The molecule has 0 radical (unpaired) electrons. The van der Waals surface area contributed by atoms with E-state index in [1.807, 2.05) is 12.1 Å². The third-order valence-electron chi connectivity index (χ3n) is 3.95. The van der Waals surface area contributed by atoms with Gasteiger partial charge in [0.2, 0.25) is 0 Å². The van der Waals surface area contributed by atoms with Gasteiger partial charge < -0.3 is 34.7 Å². The summed E-state index contributed by atoms with van der Waals surface area (Å²) in [5.74, 6) is 0. The van der Waals surface area contributed by atoms with Gasteiger partial charge >= 0.3 is 0 Å². The molecule has 0 aliphatic rings. The highest BCUT2D eigenvalue weighted by Crippen LogP contribution is 2.31. The summed E-state index contributed by atoms with van der Waals surface area (Å²) in [6.07, 6.45) is 0. The van der Waals surface area contributed by atoms with Crippen molar-refractivity contribution in [3.63, 3.8) is 0 Å². The number of hydrogen-bond donors (Lipinski definition) is 1. The molecule has 0 aliphatic heterocycles. The van der Waals surface area contributed by atoms with Crippen LogP contribution in [-0.4, -0.2) is 8.89 Å². The standard InChI is InChI=1S/C19H14N2S2/c22-19(23)20-13-9-11-14(12-10-13)21-17-7-3-1-5-15(17)16-6-2-4-8-18(16)21/h1-12H,(H2,20,22,23)/p-1. The number of nitrogens with one attached hydrogen (secondary N) is 1. The lowest BCUT2D eigenvalue weighted by molar-refractivity contribution is 1.18. The summed E-state index contributed by atoms with van der Waals surface area (Å²) in [4.78, 5) is 0. The van der Waals surface area contributed by atoms with Gasteiger partial charge in [0.1, 0.15) is 0 Å². The van der Waals surface area contributed by atoms with Crippen LogP contribution < -0.4 is 5.32 Å². The number of rotatable bonds is 2. The van der Waals surface area contributed by atoms with Crippen LogP contribution >= 0.6 is 12.2 Å². The lowest BCUT2D eigenvalue weighted by atomic mass is 10.2. The summed E-state index contributed by atoms with van der Waals surface area (Å²) < 4.78 is 2.63. The second kappa shape index (κ2) is 5.65. The predicted octanol–water partition coefficient (Wildman–Crippen LogP) is 5.03. The van der Waals surface area contributed by atoms with E-state index in [1.54, 1.807) is 0 Å². The molecule has 4 aromatic rings. The Hall–Kier alpha value is -2.43. The number of fused-ring (bicyclic) bond motifs is 3. The monoisotopic (exact) mass is 333 g/mol. The van der Waals surface area contributed by atoms with E-state index in [2.05, 4.69) is 70.5 Å². The van der Waals surface area contributed by atoms with Crippen LogP contribution in [0, 0.1) is 0 Å². The van der Waals surface area contributed by atoms with E-state index in [1.165, 1.54) is 21.8 Å². The fourth-order valence-corrected chi connectivity index (χ4v) is 3.25. The topological polar surface area (TPSA) is 17.0 Å². The van der Waals surface area contributed by atoms with Gasteiger partial charge in [-0.3, -0.25) is 0 Å². The Morgan fingerprint density at radius 1 is 0.783 bits per heavy atom. The zero-order valence-corrected chi connectivity index (χ0v) is 13.8. The van der Waals surface area contributed by atoms with Crippen LogP contribution in [0.25, 0.3) is 27.5 Å². The molecule has 1 aromatic heterocycles. The zero-order valence-electron chi connectivity index (χ0n) is 12.2. The van der Waals surface area contributed by atoms with Crippen LogP contribution in [-0.2, 0) is 12.6 Å². The summed E-state index contributed by atoms with van der Waals surface area (Å²) in [5, 5.41) is 5.51. The van der Waals surface area contributed by atoms with Gasteiger partial charge in [0.25, 0.3) is 0 Å². The number of nitrogens with zero attached hydrogens (tertiary/aromatic N) is 1. The van der Waals surface area contributed by atoms with E-state index in [4.69, 9.17) is 24.8 Å². The first-order valence-corrected chi connectivity index (χ1v) is 8.12. The van der Waals surface area contributed by atoms with E-state index < -0.39 is 0 Å². The molecule has 4 heteroatoms. The Bertz CT molecular complexity index is 963. The third kappa shape index (κ3) is 2.46. The Labute approximate surface area is 145 Å². The van der Waals surface area contributed by atoms with Crippen molar-refractivity contribution in [2.75, 3.05) is 5.32 Å².